The molecule has 2 unspecified atom stereocenters. The van der Waals surface area contributed by atoms with Gasteiger partial charge in [0.05, 0.1) is 0 Å². The molecule has 0 aromatic rings. The van der Waals surface area contributed by atoms with E-state index in [0.29, 0.717) is 6.04 Å². The van der Waals surface area contributed by atoms with Gasteiger partial charge in [0.15, 0.2) is 0 Å². The van der Waals surface area contributed by atoms with Gasteiger partial charge in [0.1, 0.15) is 0 Å². The molecule has 1 fully saturated rings. The lowest BCUT2D eigenvalue weighted by molar-refractivity contribution is 0.348. The van der Waals surface area contributed by atoms with Crippen molar-refractivity contribution in [1.29, 1.82) is 0 Å². The SMILES string of the molecule is CCC[Si](NC(C)CC)(OC)C1CCCC1. The summed E-state index contributed by atoms with van der Waals surface area (Å²) in [4.78, 5) is 3.89. The van der Waals surface area contributed by atoms with E-state index in [2.05, 4.69) is 25.8 Å². The molecule has 0 bridgehead atoms. The predicted octanol–water partition coefficient (Wildman–Crippen LogP) is 3.82. The third-order valence-electron chi connectivity index (χ3n) is 4.10. The Hall–Kier alpha value is 0.137. The zero-order valence-corrected chi connectivity index (χ0v) is 12.5. The van der Waals surface area contributed by atoms with Crippen molar-refractivity contribution in [2.75, 3.05) is 7.11 Å². The van der Waals surface area contributed by atoms with E-state index in [4.69, 9.17) is 4.43 Å². The van der Waals surface area contributed by atoms with Crippen LogP contribution in [0.1, 0.15) is 59.3 Å². The summed E-state index contributed by atoms with van der Waals surface area (Å²) < 4.78 is 6.06. The Balaban J connectivity index is 2.71. The second-order valence-corrected chi connectivity index (χ2v) is 9.07. The second-order valence-electron chi connectivity index (χ2n) is 5.28. The Morgan fingerprint density at radius 3 is 2.38 bits per heavy atom. The summed E-state index contributed by atoms with van der Waals surface area (Å²) in [6, 6.07) is 1.89. The maximum absolute atomic E-state index is 6.06. The molecule has 1 saturated carbocycles. The van der Waals surface area contributed by atoms with E-state index >= 15 is 0 Å². The van der Waals surface area contributed by atoms with Gasteiger partial charge in [-0.05, 0) is 36.9 Å². The Morgan fingerprint density at radius 2 is 1.94 bits per heavy atom. The van der Waals surface area contributed by atoms with Gasteiger partial charge in [0, 0.05) is 7.11 Å². The van der Waals surface area contributed by atoms with E-state index in [1.54, 1.807) is 0 Å². The number of hydrogen-bond acceptors (Lipinski definition) is 2. The van der Waals surface area contributed by atoms with Crippen molar-refractivity contribution < 1.29 is 4.43 Å². The van der Waals surface area contributed by atoms with Gasteiger partial charge in [-0.25, -0.2) is 0 Å². The van der Waals surface area contributed by atoms with Crippen molar-refractivity contribution in [3.8, 4) is 0 Å². The summed E-state index contributed by atoms with van der Waals surface area (Å²) in [5.41, 5.74) is 0.853. The molecule has 0 aromatic carbocycles. The molecule has 0 saturated heterocycles. The Kier molecular flexibility index (Phi) is 6.01. The van der Waals surface area contributed by atoms with Crippen molar-refractivity contribution in [3.63, 3.8) is 0 Å². The normalized spacial score (nSPS) is 23.2. The van der Waals surface area contributed by atoms with E-state index < -0.39 is 8.48 Å². The van der Waals surface area contributed by atoms with Gasteiger partial charge >= 0.3 is 0 Å². The molecule has 2 nitrogen and oxygen atoms in total. The zero-order valence-electron chi connectivity index (χ0n) is 11.5. The lowest BCUT2D eigenvalue weighted by atomic mass is 10.3. The molecule has 3 heteroatoms. The van der Waals surface area contributed by atoms with Gasteiger partial charge in [-0.2, -0.15) is 0 Å². The molecule has 1 aliphatic carbocycles. The molecule has 1 N–H and O–H groups in total. The third kappa shape index (κ3) is 3.31. The van der Waals surface area contributed by atoms with E-state index in [0.717, 1.165) is 5.54 Å². The van der Waals surface area contributed by atoms with Crippen LogP contribution in [0.5, 0.6) is 0 Å². The lowest BCUT2D eigenvalue weighted by Gasteiger charge is -2.38. The maximum atomic E-state index is 6.06. The number of nitrogens with one attached hydrogen (secondary N) is 1. The van der Waals surface area contributed by atoms with Gasteiger partial charge in [-0.1, -0.05) is 40.0 Å². The molecule has 1 aliphatic rings. The number of rotatable bonds is 7. The average Bonchev–Trinajstić information content (AvgIpc) is 2.82. The first-order valence-electron chi connectivity index (χ1n) is 7.01. The molecular formula is C13H29NOSi. The van der Waals surface area contributed by atoms with E-state index in [1.165, 1.54) is 44.6 Å². The van der Waals surface area contributed by atoms with E-state index in [1.807, 2.05) is 7.11 Å². The smallest absolute Gasteiger partial charge is 0.271 e. The summed E-state index contributed by atoms with van der Waals surface area (Å²) in [7, 11) is 0.270. The van der Waals surface area contributed by atoms with Gasteiger partial charge in [0.2, 0.25) is 0 Å². The van der Waals surface area contributed by atoms with Crippen molar-refractivity contribution in [2.45, 2.75) is 76.9 Å². The summed E-state index contributed by atoms with van der Waals surface area (Å²) in [6.07, 6.45) is 8.06. The quantitative estimate of drug-likeness (QED) is 0.686. The van der Waals surface area contributed by atoms with Crippen LogP contribution >= 0.6 is 0 Å². The second kappa shape index (κ2) is 6.77. The highest BCUT2D eigenvalue weighted by atomic mass is 28.4. The fourth-order valence-electron chi connectivity index (χ4n) is 3.00. The predicted molar refractivity (Wildman–Crippen MR) is 73.0 cm³/mol. The largest absolute Gasteiger partial charge is 0.406 e. The van der Waals surface area contributed by atoms with Crippen LogP contribution in [0.25, 0.3) is 0 Å². The highest BCUT2D eigenvalue weighted by Gasteiger charge is 2.43. The lowest BCUT2D eigenvalue weighted by Crippen LogP contribution is -2.58. The number of hydrogen-bond donors (Lipinski definition) is 1. The van der Waals surface area contributed by atoms with Crippen LogP contribution in [0, 0.1) is 0 Å². The minimum atomic E-state index is -1.67. The first kappa shape index (κ1) is 14.2. The van der Waals surface area contributed by atoms with Crippen LogP contribution < -0.4 is 4.98 Å². The Labute approximate surface area is 102 Å². The highest BCUT2D eigenvalue weighted by Crippen LogP contribution is 2.40. The van der Waals surface area contributed by atoms with Crippen molar-refractivity contribution in [2.24, 2.45) is 0 Å². The van der Waals surface area contributed by atoms with Crippen LogP contribution in [0.2, 0.25) is 11.6 Å². The summed E-state index contributed by atoms with van der Waals surface area (Å²) >= 11 is 0. The molecule has 0 aromatic heterocycles. The summed E-state index contributed by atoms with van der Waals surface area (Å²) in [5, 5.41) is 0. The standard InChI is InChI=1S/C13H29NOSi/c1-5-11-16(15-4,14-12(3)6-2)13-9-7-8-10-13/h12-14H,5-11H2,1-4H3. The fourth-order valence-corrected chi connectivity index (χ4v) is 7.57. The van der Waals surface area contributed by atoms with Crippen LogP contribution in [-0.4, -0.2) is 21.6 Å². The van der Waals surface area contributed by atoms with Gasteiger partial charge in [-0.15, -0.1) is 0 Å². The first-order chi connectivity index (χ1) is 7.68. The first-order valence-corrected chi connectivity index (χ1v) is 9.20. The molecule has 0 radical (unpaired) electrons. The minimum Gasteiger partial charge on any atom is -0.406 e. The van der Waals surface area contributed by atoms with E-state index in [-0.39, 0.29) is 0 Å². The summed E-state index contributed by atoms with van der Waals surface area (Å²) in [5.74, 6) is 0. The molecule has 96 valence electrons. The Morgan fingerprint density at radius 1 is 1.31 bits per heavy atom. The monoisotopic (exact) mass is 243 g/mol. The van der Waals surface area contributed by atoms with E-state index in [9.17, 15) is 0 Å². The van der Waals surface area contributed by atoms with Crippen LogP contribution in [-0.2, 0) is 4.43 Å². The average molecular weight is 243 g/mol. The molecular weight excluding hydrogens is 214 g/mol. The topological polar surface area (TPSA) is 21.3 Å². The van der Waals surface area contributed by atoms with Gasteiger partial charge < -0.3 is 9.41 Å². The highest BCUT2D eigenvalue weighted by molar-refractivity contribution is 6.72. The van der Waals surface area contributed by atoms with Gasteiger partial charge in [-0.3, -0.25) is 0 Å². The van der Waals surface area contributed by atoms with Crippen LogP contribution in [0.4, 0.5) is 0 Å². The molecule has 0 aliphatic heterocycles. The van der Waals surface area contributed by atoms with Gasteiger partial charge in [0.25, 0.3) is 8.48 Å². The molecule has 16 heavy (non-hydrogen) atoms. The molecule has 0 heterocycles. The van der Waals surface area contributed by atoms with Crippen molar-refractivity contribution >= 4 is 8.48 Å². The maximum Gasteiger partial charge on any atom is 0.271 e. The molecule has 2 atom stereocenters. The fraction of sp³-hybridized carbons (Fsp3) is 1.00. The summed E-state index contributed by atoms with van der Waals surface area (Å²) in [6.45, 7) is 6.84. The molecule has 0 amide bonds. The zero-order chi connectivity index (χ0) is 12.0. The van der Waals surface area contributed by atoms with Crippen LogP contribution in [0.15, 0.2) is 0 Å². The Bertz CT molecular complexity index is 194. The molecule has 0 spiro atoms. The molecule has 1 rings (SSSR count). The van der Waals surface area contributed by atoms with Crippen molar-refractivity contribution in [3.05, 3.63) is 0 Å². The van der Waals surface area contributed by atoms with Crippen LogP contribution in [0.3, 0.4) is 0 Å². The van der Waals surface area contributed by atoms with Crippen molar-refractivity contribution in [1.82, 2.24) is 4.98 Å². The third-order valence-corrected chi connectivity index (χ3v) is 8.95. The minimum absolute atomic E-state index is 0.610.